The molecule has 0 aromatic heterocycles. The van der Waals surface area contributed by atoms with Crippen LogP contribution in [0, 0.1) is 0 Å². The first-order valence-electron chi connectivity index (χ1n) is 4.97. The molecular weight excluding hydrogens is 190 g/mol. The summed E-state index contributed by atoms with van der Waals surface area (Å²) in [6, 6.07) is 9.11. The van der Waals surface area contributed by atoms with E-state index in [9.17, 15) is 9.90 Å². The quantitative estimate of drug-likeness (QED) is 0.655. The van der Waals surface area contributed by atoms with E-state index in [-0.39, 0.29) is 0 Å². The van der Waals surface area contributed by atoms with Gasteiger partial charge in [-0.25, -0.2) is 0 Å². The van der Waals surface area contributed by atoms with Crippen molar-refractivity contribution in [3.8, 4) is 0 Å². The third-order valence-corrected chi connectivity index (χ3v) is 2.48. The third-order valence-electron chi connectivity index (χ3n) is 2.48. The van der Waals surface area contributed by atoms with E-state index < -0.39 is 12.0 Å². The van der Waals surface area contributed by atoms with Crippen molar-refractivity contribution in [3.63, 3.8) is 0 Å². The van der Waals surface area contributed by atoms with Crippen molar-refractivity contribution in [2.45, 2.75) is 12.5 Å². The Bertz CT molecular complexity index is 327. The highest BCUT2D eigenvalue weighted by molar-refractivity contribution is 5.70. The lowest BCUT2D eigenvalue weighted by Gasteiger charge is -2.34. The SMILES string of the molecule is C[N+](C)(C)[C@@H](Cc1ccccc1)C(=O)[O-]. The number of nitrogens with zero attached hydrogens (tertiary/aromatic N) is 1. The molecule has 0 amide bonds. The minimum absolute atomic E-state index is 0.372. The van der Waals surface area contributed by atoms with E-state index in [1.54, 1.807) is 0 Å². The summed E-state index contributed by atoms with van der Waals surface area (Å²) < 4.78 is 0.372. The second kappa shape index (κ2) is 4.45. The Morgan fingerprint density at radius 1 is 1.27 bits per heavy atom. The molecule has 0 heterocycles. The maximum Gasteiger partial charge on any atom is 0.133 e. The van der Waals surface area contributed by atoms with Crippen LogP contribution in [-0.4, -0.2) is 37.6 Å². The summed E-state index contributed by atoms with van der Waals surface area (Å²) in [5.41, 5.74) is 1.03. The van der Waals surface area contributed by atoms with Gasteiger partial charge in [0.25, 0.3) is 0 Å². The smallest absolute Gasteiger partial charge is 0.133 e. The van der Waals surface area contributed by atoms with Gasteiger partial charge in [0.05, 0.1) is 27.1 Å². The second-order valence-electron chi connectivity index (χ2n) is 4.64. The molecule has 0 bridgehead atoms. The summed E-state index contributed by atoms with van der Waals surface area (Å²) in [5.74, 6) is -0.994. The minimum atomic E-state index is -0.994. The number of hydrogen-bond donors (Lipinski definition) is 0. The first-order chi connectivity index (χ1) is 6.91. The van der Waals surface area contributed by atoms with Crippen molar-refractivity contribution in [3.05, 3.63) is 35.9 Å². The van der Waals surface area contributed by atoms with E-state index in [0.29, 0.717) is 10.9 Å². The van der Waals surface area contributed by atoms with Crippen molar-refractivity contribution >= 4 is 5.97 Å². The third kappa shape index (κ3) is 3.36. The molecular formula is C12H17NO2. The zero-order valence-corrected chi connectivity index (χ0v) is 9.43. The Morgan fingerprint density at radius 3 is 2.20 bits per heavy atom. The summed E-state index contributed by atoms with van der Waals surface area (Å²) >= 11 is 0. The lowest BCUT2D eigenvalue weighted by molar-refractivity contribution is -0.889. The molecule has 0 aliphatic heterocycles. The molecule has 82 valence electrons. The van der Waals surface area contributed by atoms with Crippen LogP contribution in [0.15, 0.2) is 30.3 Å². The Morgan fingerprint density at radius 2 is 1.80 bits per heavy atom. The molecule has 0 radical (unpaired) electrons. The van der Waals surface area contributed by atoms with E-state index in [4.69, 9.17) is 0 Å². The van der Waals surface area contributed by atoms with Gasteiger partial charge in [-0.3, -0.25) is 0 Å². The Balaban J connectivity index is 2.82. The molecule has 15 heavy (non-hydrogen) atoms. The number of rotatable bonds is 4. The summed E-state index contributed by atoms with van der Waals surface area (Å²) in [7, 11) is 5.59. The number of aliphatic carboxylic acids is 1. The summed E-state index contributed by atoms with van der Waals surface area (Å²) in [5, 5.41) is 11.0. The van der Waals surface area contributed by atoms with Gasteiger partial charge in [-0.05, 0) is 5.56 Å². The van der Waals surface area contributed by atoms with E-state index in [2.05, 4.69) is 0 Å². The minimum Gasteiger partial charge on any atom is -0.544 e. The summed E-state index contributed by atoms with van der Waals surface area (Å²) in [6.45, 7) is 0. The number of carboxylic acid groups (broad SMARTS) is 1. The Hall–Kier alpha value is -1.35. The molecule has 0 saturated carbocycles. The van der Waals surface area contributed by atoms with Crippen molar-refractivity contribution in [1.82, 2.24) is 0 Å². The van der Waals surface area contributed by atoms with Crippen LogP contribution in [-0.2, 0) is 11.2 Å². The fourth-order valence-electron chi connectivity index (χ4n) is 1.51. The number of benzene rings is 1. The van der Waals surface area contributed by atoms with Crippen LogP contribution >= 0.6 is 0 Å². The van der Waals surface area contributed by atoms with Gasteiger partial charge < -0.3 is 14.4 Å². The van der Waals surface area contributed by atoms with Gasteiger partial charge >= 0.3 is 0 Å². The van der Waals surface area contributed by atoms with Crippen LogP contribution in [0.3, 0.4) is 0 Å². The van der Waals surface area contributed by atoms with E-state index >= 15 is 0 Å². The molecule has 1 aromatic rings. The highest BCUT2D eigenvalue weighted by atomic mass is 16.4. The van der Waals surface area contributed by atoms with Crippen LogP contribution in [0.1, 0.15) is 5.56 Å². The van der Waals surface area contributed by atoms with E-state index in [0.717, 1.165) is 5.56 Å². The molecule has 3 heteroatoms. The predicted molar refractivity (Wildman–Crippen MR) is 57.0 cm³/mol. The van der Waals surface area contributed by atoms with Crippen LogP contribution in [0.5, 0.6) is 0 Å². The van der Waals surface area contributed by atoms with Crippen molar-refractivity contribution < 1.29 is 14.4 Å². The molecule has 0 aliphatic carbocycles. The normalized spacial score (nSPS) is 13.5. The average Bonchev–Trinajstić information content (AvgIpc) is 2.13. The first kappa shape index (κ1) is 11.7. The molecule has 0 fully saturated rings. The zero-order valence-electron chi connectivity index (χ0n) is 9.43. The molecule has 1 atom stereocenters. The summed E-state index contributed by atoms with van der Waals surface area (Å²) in [6.07, 6.45) is 0.507. The molecule has 0 unspecified atom stereocenters. The lowest BCUT2D eigenvalue weighted by Crippen LogP contribution is -2.55. The molecule has 0 saturated heterocycles. The molecule has 3 nitrogen and oxygen atoms in total. The molecule has 0 spiro atoms. The Kier molecular flexibility index (Phi) is 3.48. The van der Waals surface area contributed by atoms with Crippen LogP contribution in [0.4, 0.5) is 0 Å². The topological polar surface area (TPSA) is 40.1 Å². The Labute approximate surface area is 90.5 Å². The summed E-state index contributed by atoms with van der Waals surface area (Å²) in [4.78, 5) is 11.0. The van der Waals surface area contributed by atoms with Crippen LogP contribution in [0.25, 0.3) is 0 Å². The van der Waals surface area contributed by atoms with Gasteiger partial charge in [0.1, 0.15) is 6.04 Å². The highest BCUT2D eigenvalue weighted by Crippen LogP contribution is 2.10. The monoisotopic (exact) mass is 207 g/mol. The predicted octanol–water partition coefficient (Wildman–Crippen LogP) is 0.0538. The maximum atomic E-state index is 11.0. The number of quaternary nitrogens is 1. The van der Waals surface area contributed by atoms with Gasteiger partial charge in [0.2, 0.25) is 0 Å². The standard InChI is InChI=1S/C12H17NO2/c1-13(2,3)11(12(14)15)9-10-7-5-4-6-8-10/h4-8,11H,9H2,1-3H3/t11-/m0/s1. The largest absolute Gasteiger partial charge is 0.544 e. The van der Waals surface area contributed by atoms with Gasteiger partial charge in [0.15, 0.2) is 0 Å². The van der Waals surface area contributed by atoms with Gasteiger partial charge in [-0.1, -0.05) is 30.3 Å². The number of carboxylic acids is 1. The fourth-order valence-corrected chi connectivity index (χ4v) is 1.51. The van der Waals surface area contributed by atoms with Crippen molar-refractivity contribution in [1.29, 1.82) is 0 Å². The van der Waals surface area contributed by atoms with Crippen molar-refractivity contribution in [2.24, 2.45) is 0 Å². The lowest BCUT2D eigenvalue weighted by atomic mass is 10.0. The molecule has 1 rings (SSSR count). The first-order valence-corrected chi connectivity index (χ1v) is 4.97. The molecule has 0 aliphatic rings. The van der Waals surface area contributed by atoms with E-state index in [1.807, 2.05) is 51.5 Å². The second-order valence-corrected chi connectivity index (χ2v) is 4.64. The maximum absolute atomic E-state index is 11.0. The number of carbonyl (C=O) groups is 1. The average molecular weight is 207 g/mol. The van der Waals surface area contributed by atoms with Gasteiger partial charge in [0, 0.05) is 6.42 Å². The van der Waals surface area contributed by atoms with Gasteiger partial charge in [-0.2, -0.15) is 0 Å². The number of carbonyl (C=O) groups excluding carboxylic acids is 1. The molecule has 1 aromatic carbocycles. The van der Waals surface area contributed by atoms with Crippen LogP contribution in [0.2, 0.25) is 0 Å². The molecule has 0 N–H and O–H groups in total. The van der Waals surface area contributed by atoms with Crippen LogP contribution < -0.4 is 5.11 Å². The van der Waals surface area contributed by atoms with E-state index in [1.165, 1.54) is 0 Å². The number of likely N-dealkylation sites (N-methyl/N-ethyl adjacent to an activating group) is 1. The number of hydrogen-bond acceptors (Lipinski definition) is 2. The highest BCUT2D eigenvalue weighted by Gasteiger charge is 2.25. The van der Waals surface area contributed by atoms with Crippen molar-refractivity contribution in [2.75, 3.05) is 21.1 Å². The van der Waals surface area contributed by atoms with Gasteiger partial charge in [-0.15, -0.1) is 0 Å². The fraction of sp³-hybridized carbons (Fsp3) is 0.417. The zero-order chi connectivity index (χ0) is 11.5.